The molecule has 1 saturated carbocycles. The van der Waals surface area contributed by atoms with Crippen molar-refractivity contribution >= 4 is 0 Å². The molecule has 3 nitrogen and oxygen atoms in total. The number of aryl methyl sites for hydroxylation is 1. The number of hydrogen-bond donors (Lipinski definition) is 1. The second kappa shape index (κ2) is 5.52. The number of ether oxygens (including phenoxy) is 1. The largest absolute Gasteiger partial charge is 0.496 e. The van der Waals surface area contributed by atoms with Crippen molar-refractivity contribution in [3.63, 3.8) is 0 Å². The van der Waals surface area contributed by atoms with E-state index in [0.717, 1.165) is 31.4 Å². The van der Waals surface area contributed by atoms with Crippen molar-refractivity contribution in [2.45, 2.75) is 32.4 Å². The van der Waals surface area contributed by atoms with Gasteiger partial charge in [0.2, 0.25) is 0 Å². The van der Waals surface area contributed by atoms with Crippen LogP contribution in [0.4, 0.5) is 0 Å². The van der Waals surface area contributed by atoms with Gasteiger partial charge in [-0.25, -0.2) is 0 Å². The molecule has 0 saturated heterocycles. The van der Waals surface area contributed by atoms with Gasteiger partial charge in [0, 0.05) is 31.2 Å². The van der Waals surface area contributed by atoms with Gasteiger partial charge in [-0.2, -0.15) is 0 Å². The van der Waals surface area contributed by atoms with E-state index in [1.807, 2.05) is 0 Å². The fourth-order valence-corrected chi connectivity index (χ4v) is 2.25. The second-order valence-electron chi connectivity index (χ2n) is 4.81. The predicted molar refractivity (Wildman–Crippen MR) is 70.2 cm³/mol. The van der Waals surface area contributed by atoms with Gasteiger partial charge in [0.25, 0.3) is 0 Å². The van der Waals surface area contributed by atoms with E-state index in [9.17, 15) is 0 Å². The van der Waals surface area contributed by atoms with Crippen LogP contribution in [0.3, 0.4) is 0 Å². The summed E-state index contributed by atoms with van der Waals surface area (Å²) < 4.78 is 5.42. The standard InChI is InChI=1S/C14H22N2O/c1-11-3-6-14(17-2)12(9-11)10-16(8-7-15)13-4-5-13/h3,6,9,13H,4-5,7-8,10,15H2,1-2H3. The van der Waals surface area contributed by atoms with Crippen LogP contribution in [-0.2, 0) is 6.54 Å². The number of hydrogen-bond acceptors (Lipinski definition) is 3. The Bertz CT molecular complexity index is 374. The quantitative estimate of drug-likeness (QED) is 0.817. The highest BCUT2D eigenvalue weighted by atomic mass is 16.5. The fourth-order valence-electron chi connectivity index (χ4n) is 2.25. The van der Waals surface area contributed by atoms with Gasteiger partial charge in [0.05, 0.1) is 7.11 Å². The fraction of sp³-hybridized carbons (Fsp3) is 0.571. The van der Waals surface area contributed by atoms with E-state index >= 15 is 0 Å². The maximum atomic E-state index is 5.68. The molecule has 1 aliphatic rings. The van der Waals surface area contributed by atoms with Crippen LogP contribution in [0.5, 0.6) is 5.75 Å². The SMILES string of the molecule is COc1ccc(C)cc1CN(CCN)C1CC1. The zero-order chi connectivity index (χ0) is 12.3. The third-order valence-electron chi connectivity index (χ3n) is 3.29. The van der Waals surface area contributed by atoms with Crippen LogP contribution in [-0.4, -0.2) is 31.1 Å². The number of rotatable bonds is 6. The van der Waals surface area contributed by atoms with Gasteiger partial charge in [0.15, 0.2) is 0 Å². The molecule has 0 atom stereocenters. The Morgan fingerprint density at radius 1 is 1.41 bits per heavy atom. The lowest BCUT2D eigenvalue weighted by Gasteiger charge is -2.22. The number of nitrogens with zero attached hydrogens (tertiary/aromatic N) is 1. The van der Waals surface area contributed by atoms with Crippen molar-refractivity contribution in [1.29, 1.82) is 0 Å². The van der Waals surface area contributed by atoms with Crippen molar-refractivity contribution in [2.75, 3.05) is 20.2 Å². The molecular formula is C14H22N2O. The topological polar surface area (TPSA) is 38.5 Å². The highest BCUT2D eigenvalue weighted by Gasteiger charge is 2.28. The van der Waals surface area contributed by atoms with Crippen LogP contribution in [0, 0.1) is 6.92 Å². The third kappa shape index (κ3) is 3.20. The second-order valence-corrected chi connectivity index (χ2v) is 4.81. The van der Waals surface area contributed by atoms with E-state index in [1.54, 1.807) is 7.11 Å². The van der Waals surface area contributed by atoms with Crippen molar-refractivity contribution in [2.24, 2.45) is 5.73 Å². The van der Waals surface area contributed by atoms with Gasteiger partial charge in [-0.05, 0) is 25.8 Å². The van der Waals surface area contributed by atoms with Crippen LogP contribution in [0.2, 0.25) is 0 Å². The zero-order valence-electron chi connectivity index (χ0n) is 10.8. The third-order valence-corrected chi connectivity index (χ3v) is 3.29. The Morgan fingerprint density at radius 2 is 2.18 bits per heavy atom. The van der Waals surface area contributed by atoms with E-state index in [1.165, 1.54) is 24.0 Å². The van der Waals surface area contributed by atoms with Crippen molar-refractivity contribution in [3.05, 3.63) is 29.3 Å². The van der Waals surface area contributed by atoms with Gasteiger partial charge < -0.3 is 10.5 Å². The molecule has 3 heteroatoms. The van der Waals surface area contributed by atoms with Crippen LogP contribution in [0.15, 0.2) is 18.2 Å². The molecule has 0 radical (unpaired) electrons. The molecule has 0 unspecified atom stereocenters. The number of methoxy groups -OCH3 is 1. The molecular weight excluding hydrogens is 212 g/mol. The molecule has 1 aromatic rings. The van der Waals surface area contributed by atoms with E-state index in [-0.39, 0.29) is 0 Å². The van der Waals surface area contributed by atoms with Gasteiger partial charge in [-0.3, -0.25) is 4.90 Å². The number of nitrogens with two attached hydrogens (primary N) is 1. The van der Waals surface area contributed by atoms with Gasteiger partial charge >= 0.3 is 0 Å². The summed E-state index contributed by atoms with van der Waals surface area (Å²) in [6.07, 6.45) is 2.63. The molecule has 2 rings (SSSR count). The van der Waals surface area contributed by atoms with Crippen molar-refractivity contribution in [3.8, 4) is 5.75 Å². The van der Waals surface area contributed by atoms with Crippen LogP contribution < -0.4 is 10.5 Å². The first-order valence-corrected chi connectivity index (χ1v) is 6.32. The Morgan fingerprint density at radius 3 is 2.76 bits per heavy atom. The normalized spacial score (nSPS) is 15.3. The summed E-state index contributed by atoms with van der Waals surface area (Å²) in [6, 6.07) is 7.10. The maximum Gasteiger partial charge on any atom is 0.123 e. The van der Waals surface area contributed by atoms with Crippen LogP contribution in [0.25, 0.3) is 0 Å². The minimum absolute atomic E-state index is 0.727. The summed E-state index contributed by atoms with van der Waals surface area (Å²) >= 11 is 0. The van der Waals surface area contributed by atoms with E-state index in [2.05, 4.69) is 30.0 Å². The lowest BCUT2D eigenvalue weighted by atomic mass is 10.1. The van der Waals surface area contributed by atoms with Gasteiger partial charge in [0.1, 0.15) is 5.75 Å². The lowest BCUT2D eigenvalue weighted by molar-refractivity contribution is 0.257. The Labute approximate surface area is 104 Å². The average molecular weight is 234 g/mol. The molecule has 0 spiro atoms. The Hall–Kier alpha value is -1.06. The van der Waals surface area contributed by atoms with Crippen LogP contribution >= 0.6 is 0 Å². The highest BCUT2D eigenvalue weighted by Crippen LogP contribution is 2.30. The minimum atomic E-state index is 0.727. The Balaban J connectivity index is 2.11. The number of benzene rings is 1. The summed E-state index contributed by atoms with van der Waals surface area (Å²) in [6.45, 7) is 4.77. The molecule has 0 amide bonds. The molecule has 0 aliphatic heterocycles. The van der Waals surface area contributed by atoms with E-state index < -0.39 is 0 Å². The van der Waals surface area contributed by atoms with Crippen molar-refractivity contribution < 1.29 is 4.74 Å². The Kier molecular flexibility index (Phi) is 4.02. The first-order chi connectivity index (χ1) is 8.24. The van der Waals surface area contributed by atoms with Crippen molar-refractivity contribution in [1.82, 2.24) is 4.90 Å². The monoisotopic (exact) mass is 234 g/mol. The first-order valence-electron chi connectivity index (χ1n) is 6.32. The molecule has 0 aromatic heterocycles. The summed E-state index contributed by atoms with van der Waals surface area (Å²) in [5.41, 5.74) is 8.23. The van der Waals surface area contributed by atoms with Crippen LogP contribution in [0.1, 0.15) is 24.0 Å². The summed E-state index contributed by atoms with van der Waals surface area (Å²) in [5.74, 6) is 0.985. The maximum absolute atomic E-state index is 5.68. The van der Waals surface area contributed by atoms with Gasteiger partial charge in [-0.1, -0.05) is 17.7 Å². The molecule has 2 N–H and O–H groups in total. The summed E-state index contributed by atoms with van der Waals surface area (Å²) in [7, 11) is 1.73. The molecule has 94 valence electrons. The smallest absolute Gasteiger partial charge is 0.123 e. The van der Waals surface area contributed by atoms with E-state index in [0.29, 0.717) is 0 Å². The molecule has 0 heterocycles. The highest BCUT2D eigenvalue weighted by molar-refractivity contribution is 5.36. The van der Waals surface area contributed by atoms with E-state index in [4.69, 9.17) is 10.5 Å². The molecule has 1 aromatic carbocycles. The molecule has 0 bridgehead atoms. The average Bonchev–Trinajstić information content (AvgIpc) is 3.13. The summed E-state index contributed by atoms with van der Waals surface area (Å²) in [4.78, 5) is 2.47. The minimum Gasteiger partial charge on any atom is -0.496 e. The predicted octanol–water partition coefficient (Wildman–Crippen LogP) is 1.93. The first kappa shape index (κ1) is 12.4. The molecule has 1 fully saturated rings. The molecule has 17 heavy (non-hydrogen) atoms. The summed E-state index contributed by atoms with van der Waals surface area (Å²) in [5, 5.41) is 0. The molecule has 1 aliphatic carbocycles. The van der Waals surface area contributed by atoms with Gasteiger partial charge in [-0.15, -0.1) is 0 Å². The lowest BCUT2D eigenvalue weighted by Crippen LogP contribution is -2.31. The zero-order valence-corrected chi connectivity index (χ0v) is 10.8.